The lowest BCUT2D eigenvalue weighted by Crippen LogP contribution is -2.19. The Bertz CT molecular complexity index is 570. The van der Waals surface area contributed by atoms with Crippen LogP contribution in [0.5, 0.6) is 0 Å². The van der Waals surface area contributed by atoms with E-state index >= 15 is 0 Å². The van der Waals surface area contributed by atoms with Crippen LogP contribution in [0, 0.1) is 5.41 Å². The minimum Gasteiger partial charge on any atom is -0.481 e. The van der Waals surface area contributed by atoms with Crippen molar-refractivity contribution in [1.82, 2.24) is 4.98 Å². The lowest BCUT2D eigenvalue weighted by molar-refractivity contribution is -0.139. The molecule has 94 valence electrons. The van der Waals surface area contributed by atoms with E-state index in [0.717, 1.165) is 22.9 Å². The second kappa shape index (κ2) is 4.77. The lowest BCUT2D eigenvalue weighted by Gasteiger charge is -2.23. The van der Waals surface area contributed by atoms with Gasteiger partial charge in [-0.3, -0.25) is 9.78 Å². The number of carboxylic acid groups (broad SMARTS) is 1. The highest BCUT2D eigenvalue weighted by Gasteiger charge is 2.23. The van der Waals surface area contributed by atoms with Crippen LogP contribution in [0.3, 0.4) is 0 Å². The SMILES string of the molecule is CC(C)(CC(=O)O)Cc1ccnc2ccccc12. The molecule has 0 spiro atoms. The summed E-state index contributed by atoms with van der Waals surface area (Å²) in [6.07, 6.45) is 2.69. The maximum absolute atomic E-state index is 10.9. The van der Waals surface area contributed by atoms with Crippen molar-refractivity contribution in [2.75, 3.05) is 0 Å². The zero-order chi connectivity index (χ0) is 13.2. The third kappa shape index (κ3) is 2.86. The van der Waals surface area contributed by atoms with Crippen molar-refractivity contribution < 1.29 is 9.90 Å². The van der Waals surface area contributed by atoms with E-state index in [1.807, 2.05) is 44.2 Å². The second-order valence-electron chi connectivity index (χ2n) is 5.40. The van der Waals surface area contributed by atoms with E-state index < -0.39 is 5.97 Å². The first-order chi connectivity index (χ1) is 8.48. The Morgan fingerprint density at radius 3 is 2.72 bits per heavy atom. The predicted molar refractivity (Wildman–Crippen MR) is 71.5 cm³/mol. The van der Waals surface area contributed by atoms with E-state index in [4.69, 9.17) is 5.11 Å². The van der Waals surface area contributed by atoms with Crippen LogP contribution in [0.15, 0.2) is 36.5 Å². The molecule has 0 bridgehead atoms. The van der Waals surface area contributed by atoms with Gasteiger partial charge >= 0.3 is 5.97 Å². The summed E-state index contributed by atoms with van der Waals surface area (Å²) in [7, 11) is 0. The number of fused-ring (bicyclic) bond motifs is 1. The summed E-state index contributed by atoms with van der Waals surface area (Å²) in [5, 5.41) is 10.0. The highest BCUT2D eigenvalue weighted by atomic mass is 16.4. The Hall–Kier alpha value is -1.90. The minimum atomic E-state index is -0.752. The third-order valence-electron chi connectivity index (χ3n) is 3.04. The molecule has 3 heteroatoms. The van der Waals surface area contributed by atoms with Gasteiger partial charge in [0.1, 0.15) is 0 Å². The van der Waals surface area contributed by atoms with Crippen LogP contribution in [-0.4, -0.2) is 16.1 Å². The summed E-state index contributed by atoms with van der Waals surface area (Å²) < 4.78 is 0. The molecule has 0 radical (unpaired) electrons. The molecule has 0 aliphatic carbocycles. The normalized spacial score (nSPS) is 11.7. The highest BCUT2D eigenvalue weighted by molar-refractivity contribution is 5.82. The van der Waals surface area contributed by atoms with Gasteiger partial charge in [0.25, 0.3) is 0 Å². The number of rotatable bonds is 4. The van der Waals surface area contributed by atoms with Crippen LogP contribution < -0.4 is 0 Å². The molecular formula is C15H17NO2. The number of pyridine rings is 1. The number of para-hydroxylation sites is 1. The number of benzene rings is 1. The van der Waals surface area contributed by atoms with Crippen molar-refractivity contribution in [1.29, 1.82) is 0 Å². The first-order valence-electron chi connectivity index (χ1n) is 6.02. The average molecular weight is 243 g/mol. The zero-order valence-electron chi connectivity index (χ0n) is 10.7. The van der Waals surface area contributed by atoms with Crippen LogP contribution in [0.2, 0.25) is 0 Å². The minimum absolute atomic E-state index is 0.170. The third-order valence-corrected chi connectivity index (χ3v) is 3.04. The van der Waals surface area contributed by atoms with Gasteiger partial charge in [-0.25, -0.2) is 0 Å². The Morgan fingerprint density at radius 1 is 1.28 bits per heavy atom. The van der Waals surface area contributed by atoms with E-state index in [2.05, 4.69) is 4.98 Å². The lowest BCUT2D eigenvalue weighted by atomic mass is 9.82. The zero-order valence-corrected chi connectivity index (χ0v) is 10.7. The molecule has 0 unspecified atom stereocenters. The summed E-state index contributed by atoms with van der Waals surface area (Å²) >= 11 is 0. The standard InChI is InChI=1S/C15H17NO2/c1-15(2,10-14(17)18)9-11-7-8-16-13-6-4-3-5-12(11)13/h3-8H,9-10H2,1-2H3,(H,17,18). The van der Waals surface area contributed by atoms with Gasteiger partial charge in [-0.1, -0.05) is 32.0 Å². The molecule has 0 saturated carbocycles. The van der Waals surface area contributed by atoms with Gasteiger partial charge < -0.3 is 5.11 Å². The quantitative estimate of drug-likeness (QED) is 0.896. The van der Waals surface area contributed by atoms with Crippen molar-refractivity contribution in [2.45, 2.75) is 26.7 Å². The van der Waals surface area contributed by atoms with Gasteiger partial charge in [0.05, 0.1) is 11.9 Å². The number of aliphatic carboxylic acids is 1. The maximum Gasteiger partial charge on any atom is 0.303 e. The topological polar surface area (TPSA) is 50.2 Å². The van der Waals surface area contributed by atoms with E-state index in [1.54, 1.807) is 6.20 Å². The number of nitrogens with zero attached hydrogens (tertiary/aromatic N) is 1. The maximum atomic E-state index is 10.9. The monoisotopic (exact) mass is 243 g/mol. The molecule has 18 heavy (non-hydrogen) atoms. The number of hydrogen-bond donors (Lipinski definition) is 1. The van der Waals surface area contributed by atoms with E-state index in [1.165, 1.54) is 0 Å². The second-order valence-corrected chi connectivity index (χ2v) is 5.40. The summed E-state index contributed by atoms with van der Waals surface area (Å²) in [5.74, 6) is -0.752. The van der Waals surface area contributed by atoms with Gasteiger partial charge in [0.2, 0.25) is 0 Å². The summed E-state index contributed by atoms with van der Waals surface area (Å²) in [4.78, 5) is 15.2. The Labute approximate surface area is 106 Å². The highest BCUT2D eigenvalue weighted by Crippen LogP contribution is 2.29. The fourth-order valence-corrected chi connectivity index (χ4v) is 2.30. The molecule has 1 aromatic carbocycles. The molecule has 0 aliphatic rings. The van der Waals surface area contributed by atoms with Crippen molar-refractivity contribution in [3.05, 3.63) is 42.1 Å². The van der Waals surface area contributed by atoms with E-state index in [9.17, 15) is 4.79 Å². The number of aromatic nitrogens is 1. The van der Waals surface area contributed by atoms with Gasteiger partial charge in [0.15, 0.2) is 0 Å². The molecule has 2 rings (SSSR count). The summed E-state index contributed by atoms with van der Waals surface area (Å²) in [6.45, 7) is 3.96. The fraction of sp³-hybridized carbons (Fsp3) is 0.333. The van der Waals surface area contributed by atoms with E-state index in [0.29, 0.717) is 0 Å². The number of carbonyl (C=O) groups is 1. The van der Waals surface area contributed by atoms with Gasteiger partial charge in [0, 0.05) is 11.6 Å². The van der Waals surface area contributed by atoms with Gasteiger partial charge in [-0.05, 0) is 29.5 Å². The predicted octanol–water partition coefficient (Wildman–Crippen LogP) is 3.28. The molecule has 1 heterocycles. The Balaban J connectivity index is 2.34. The Kier molecular flexibility index (Phi) is 3.32. The van der Waals surface area contributed by atoms with Crippen molar-refractivity contribution >= 4 is 16.9 Å². The Morgan fingerprint density at radius 2 is 2.00 bits per heavy atom. The molecule has 0 atom stereocenters. The molecule has 1 N–H and O–H groups in total. The molecule has 3 nitrogen and oxygen atoms in total. The molecule has 0 amide bonds. The van der Waals surface area contributed by atoms with E-state index in [-0.39, 0.29) is 11.8 Å². The first-order valence-corrected chi connectivity index (χ1v) is 6.02. The average Bonchev–Trinajstić information content (AvgIpc) is 2.27. The molecule has 2 aromatic rings. The molecule has 1 aromatic heterocycles. The molecule has 0 aliphatic heterocycles. The van der Waals surface area contributed by atoms with Crippen molar-refractivity contribution in [3.63, 3.8) is 0 Å². The van der Waals surface area contributed by atoms with Gasteiger partial charge in [-0.2, -0.15) is 0 Å². The number of hydrogen-bond acceptors (Lipinski definition) is 2. The van der Waals surface area contributed by atoms with Gasteiger partial charge in [-0.15, -0.1) is 0 Å². The smallest absolute Gasteiger partial charge is 0.303 e. The van der Waals surface area contributed by atoms with Crippen molar-refractivity contribution in [3.8, 4) is 0 Å². The molecule has 0 saturated heterocycles. The molecular weight excluding hydrogens is 226 g/mol. The summed E-state index contributed by atoms with van der Waals surface area (Å²) in [5.41, 5.74) is 1.86. The van der Waals surface area contributed by atoms with Crippen molar-refractivity contribution in [2.24, 2.45) is 5.41 Å². The largest absolute Gasteiger partial charge is 0.481 e. The fourth-order valence-electron chi connectivity index (χ4n) is 2.30. The van der Waals surface area contributed by atoms with Crippen LogP contribution >= 0.6 is 0 Å². The van der Waals surface area contributed by atoms with Crippen LogP contribution in [0.1, 0.15) is 25.8 Å². The van der Waals surface area contributed by atoms with Crippen LogP contribution in [0.4, 0.5) is 0 Å². The molecule has 0 fully saturated rings. The van der Waals surface area contributed by atoms with Crippen LogP contribution in [0.25, 0.3) is 10.9 Å². The number of carboxylic acids is 1. The van der Waals surface area contributed by atoms with Crippen LogP contribution in [-0.2, 0) is 11.2 Å². The first kappa shape index (κ1) is 12.6. The summed E-state index contributed by atoms with van der Waals surface area (Å²) in [6, 6.07) is 9.93.